The van der Waals surface area contributed by atoms with E-state index in [1.54, 1.807) is 17.5 Å². The van der Waals surface area contributed by atoms with E-state index in [0.29, 0.717) is 11.8 Å². The molecule has 1 fully saturated rings. The summed E-state index contributed by atoms with van der Waals surface area (Å²) in [5.74, 6) is 0.740. The molecule has 3 aliphatic heterocycles. The molecule has 0 bridgehead atoms. The lowest BCUT2D eigenvalue weighted by Crippen LogP contribution is -2.47. The molecule has 0 radical (unpaired) electrons. The lowest BCUT2D eigenvalue weighted by molar-refractivity contribution is -0.0211. The lowest BCUT2D eigenvalue weighted by Gasteiger charge is -2.38. The van der Waals surface area contributed by atoms with Gasteiger partial charge in [0.25, 0.3) is 0 Å². The van der Waals surface area contributed by atoms with Gasteiger partial charge in [0.2, 0.25) is 0 Å². The molecule has 4 heterocycles. The second-order valence-corrected chi connectivity index (χ2v) is 7.05. The van der Waals surface area contributed by atoms with Crippen LogP contribution in [0.1, 0.15) is 18.4 Å². The molecule has 4 rings (SSSR count). The van der Waals surface area contributed by atoms with Crippen LogP contribution in [0.5, 0.6) is 0 Å². The topological polar surface area (TPSA) is 96.3 Å². The molecule has 0 spiro atoms. The predicted octanol–water partition coefficient (Wildman–Crippen LogP) is 1.19. The van der Waals surface area contributed by atoms with Crippen LogP contribution >= 0.6 is 11.3 Å². The van der Waals surface area contributed by atoms with Crippen LogP contribution in [0, 0.1) is 5.92 Å². The number of aromatic nitrogens is 1. The number of hydrogen-bond donors (Lipinski definition) is 2. The van der Waals surface area contributed by atoms with Crippen LogP contribution in [0.15, 0.2) is 39.5 Å². The lowest BCUT2D eigenvalue weighted by atomic mass is 9.92. The Balaban J connectivity index is 1.71. The number of ether oxygens (including phenoxy) is 1. The summed E-state index contributed by atoms with van der Waals surface area (Å²) in [5, 5.41) is 18.5. The predicted molar refractivity (Wildman–Crippen MR) is 93.4 cm³/mol. The number of amidine groups is 1. The molecule has 4 atom stereocenters. The number of hydrazone groups is 1. The number of thiazole rings is 1. The minimum absolute atomic E-state index is 0.0389. The molecule has 0 aromatic carbocycles. The maximum atomic E-state index is 9.40. The molecule has 126 valence electrons. The number of aliphatic imine (C=N–C) groups is 1. The van der Waals surface area contributed by atoms with Gasteiger partial charge in [-0.2, -0.15) is 5.10 Å². The fraction of sp³-hybridized carbons (Fsp3) is 0.438. The van der Waals surface area contributed by atoms with Crippen LogP contribution in [0.3, 0.4) is 0 Å². The van der Waals surface area contributed by atoms with E-state index >= 15 is 0 Å². The van der Waals surface area contributed by atoms with Gasteiger partial charge in [0.05, 0.1) is 24.9 Å². The number of nitrogens with zero attached hydrogens (tertiary/aromatic N) is 4. The van der Waals surface area contributed by atoms with Crippen LogP contribution in [0.4, 0.5) is 0 Å². The highest BCUT2D eigenvalue weighted by Crippen LogP contribution is 2.37. The fourth-order valence-corrected chi connectivity index (χ4v) is 4.16. The Morgan fingerprint density at radius 1 is 1.50 bits per heavy atom. The molecule has 1 unspecified atom stereocenters. The standard InChI is InChI=1S/C16H19N5O2S/c1-9-6-10(7-22)23-14(9)12-3-2-11(16-18-4-5-24-16)13-15(17)19-8-20-21(12)13/h2-5,8-10,12,14,22H,6-7H2,1H3,(H2,17,19,20)/t9-,10-,12?,14+/m0/s1. The van der Waals surface area contributed by atoms with E-state index in [0.717, 1.165) is 22.7 Å². The van der Waals surface area contributed by atoms with Gasteiger partial charge in [-0.05, 0) is 12.3 Å². The minimum atomic E-state index is -0.119. The molecule has 3 N–H and O–H groups in total. The quantitative estimate of drug-likeness (QED) is 0.858. The van der Waals surface area contributed by atoms with Crippen molar-refractivity contribution in [1.82, 2.24) is 9.99 Å². The van der Waals surface area contributed by atoms with Gasteiger partial charge in [-0.1, -0.05) is 19.1 Å². The Morgan fingerprint density at radius 2 is 2.38 bits per heavy atom. The summed E-state index contributed by atoms with van der Waals surface area (Å²) in [6.07, 6.45) is 8.00. The number of allylic oxidation sites excluding steroid dienone is 2. The molecule has 3 aliphatic rings. The maximum Gasteiger partial charge on any atom is 0.151 e. The third-order valence-corrected chi connectivity index (χ3v) is 5.40. The van der Waals surface area contributed by atoms with Crippen molar-refractivity contribution in [1.29, 1.82) is 0 Å². The van der Waals surface area contributed by atoms with Crippen molar-refractivity contribution in [2.24, 2.45) is 21.7 Å². The van der Waals surface area contributed by atoms with Crippen LogP contribution in [-0.4, -0.2) is 52.1 Å². The highest BCUT2D eigenvalue weighted by molar-refractivity contribution is 7.10. The molecule has 1 aromatic heterocycles. The van der Waals surface area contributed by atoms with Crippen molar-refractivity contribution in [3.8, 4) is 0 Å². The maximum absolute atomic E-state index is 9.40. The first kappa shape index (κ1) is 15.5. The first-order valence-electron chi connectivity index (χ1n) is 7.93. The monoisotopic (exact) mass is 345 g/mol. The van der Waals surface area contributed by atoms with Gasteiger partial charge in [0, 0.05) is 17.2 Å². The molecule has 1 saturated heterocycles. The van der Waals surface area contributed by atoms with E-state index in [-0.39, 0.29) is 24.9 Å². The van der Waals surface area contributed by atoms with Crippen molar-refractivity contribution < 1.29 is 9.84 Å². The second-order valence-electron chi connectivity index (χ2n) is 6.16. The molecular formula is C16H19N5O2S. The fourth-order valence-electron chi connectivity index (χ4n) is 3.50. The average molecular weight is 345 g/mol. The van der Waals surface area contributed by atoms with E-state index in [4.69, 9.17) is 10.5 Å². The van der Waals surface area contributed by atoms with Crippen molar-refractivity contribution in [3.05, 3.63) is 34.4 Å². The molecule has 0 amide bonds. The summed E-state index contributed by atoms with van der Waals surface area (Å²) in [7, 11) is 0. The van der Waals surface area contributed by atoms with Gasteiger partial charge in [0.15, 0.2) is 5.84 Å². The van der Waals surface area contributed by atoms with Gasteiger partial charge in [-0.3, -0.25) is 5.01 Å². The largest absolute Gasteiger partial charge is 0.394 e. The van der Waals surface area contributed by atoms with Gasteiger partial charge < -0.3 is 15.6 Å². The van der Waals surface area contributed by atoms with Crippen molar-refractivity contribution in [2.45, 2.75) is 31.6 Å². The molecule has 0 saturated carbocycles. The van der Waals surface area contributed by atoms with Gasteiger partial charge in [-0.25, -0.2) is 9.98 Å². The molecule has 1 aromatic rings. The normalized spacial score (nSPS) is 32.2. The van der Waals surface area contributed by atoms with E-state index < -0.39 is 0 Å². The summed E-state index contributed by atoms with van der Waals surface area (Å²) >= 11 is 1.55. The van der Waals surface area contributed by atoms with Crippen LogP contribution in [0.2, 0.25) is 0 Å². The molecule has 8 heteroatoms. The van der Waals surface area contributed by atoms with Crippen molar-refractivity contribution in [3.63, 3.8) is 0 Å². The highest BCUT2D eigenvalue weighted by Gasteiger charge is 2.42. The third kappa shape index (κ3) is 2.47. The van der Waals surface area contributed by atoms with Crippen LogP contribution in [-0.2, 0) is 4.74 Å². The van der Waals surface area contributed by atoms with E-state index in [9.17, 15) is 5.11 Å². The zero-order valence-corrected chi connectivity index (χ0v) is 14.1. The zero-order chi connectivity index (χ0) is 16.7. The number of aliphatic hydroxyl groups excluding tert-OH is 1. The van der Waals surface area contributed by atoms with E-state index in [2.05, 4.69) is 28.1 Å². The Morgan fingerprint density at radius 3 is 3.08 bits per heavy atom. The molecule has 7 nitrogen and oxygen atoms in total. The Bertz CT molecular complexity index is 740. The summed E-state index contributed by atoms with van der Waals surface area (Å²) < 4.78 is 6.04. The highest BCUT2D eigenvalue weighted by atomic mass is 32.1. The minimum Gasteiger partial charge on any atom is -0.394 e. The number of hydrogen-bond acceptors (Lipinski definition) is 8. The molecule has 24 heavy (non-hydrogen) atoms. The first-order valence-corrected chi connectivity index (χ1v) is 8.81. The number of nitrogens with two attached hydrogens (primary N) is 1. The average Bonchev–Trinajstić information content (AvgIpc) is 3.24. The smallest absolute Gasteiger partial charge is 0.151 e. The summed E-state index contributed by atoms with van der Waals surface area (Å²) in [6, 6.07) is -0.0828. The Kier molecular flexibility index (Phi) is 3.95. The SMILES string of the molecule is C[C@H]1C[C@@H](CO)O[C@H]1C1C=CC(c2nccs2)=C2C(N)=NC=NN21. The van der Waals surface area contributed by atoms with Crippen molar-refractivity contribution >= 4 is 29.1 Å². The van der Waals surface area contributed by atoms with Crippen LogP contribution in [0.25, 0.3) is 5.57 Å². The number of rotatable bonds is 3. The molecule has 0 aliphatic carbocycles. The van der Waals surface area contributed by atoms with E-state index in [1.165, 1.54) is 6.34 Å². The molecular weight excluding hydrogens is 326 g/mol. The van der Waals surface area contributed by atoms with Gasteiger partial charge in [0.1, 0.15) is 17.0 Å². The van der Waals surface area contributed by atoms with Crippen LogP contribution < -0.4 is 5.73 Å². The number of fused-ring (bicyclic) bond motifs is 1. The van der Waals surface area contributed by atoms with E-state index in [1.807, 2.05) is 16.5 Å². The summed E-state index contributed by atoms with van der Waals surface area (Å²) in [5.41, 5.74) is 7.84. The summed E-state index contributed by atoms with van der Waals surface area (Å²) in [4.78, 5) is 8.54. The summed E-state index contributed by atoms with van der Waals surface area (Å²) in [6.45, 7) is 2.18. The zero-order valence-electron chi connectivity index (χ0n) is 13.2. The third-order valence-electron chi connectivity index (χ3n) is 4.59. The van der Waals surface area contributed by atoms with Gasteiger partial charge in [-0.15, -0.1) is 11.3 Å². The van der Waals surface area contributed by atoms with Crippen molar-refractivity contribution in [2.75, 3.05) is 6.61 Å². The Hall–Kier alpha value is -2.03. The van der Waals surface area contributed by atoms with Gasteiger partial charge >= 0.3 is 0 Å². The Labute approximate surface area is 143 Å². The first-order chi connectivity index (χ1) is 11.7. The second kappa shape index (κ2) is 6.12. The number of aliphatic hydroxyl groups is 1.